The highest BCUT2D eigenvalue weighted by atomic mass is 32.7. The molecule has 348 valence electrons. The molecule has 1 unspecified atom stereocenters. The molecule has 0 saturated carbocycles. The van der Waals surface area contributed by atoms with Gasteiger partial charge in [0.05, 0.1) is 20.8 Å². The van der Waals surface area contributed by atoms with Gasteiger partial charge >= 0.3 is 6.03 Å². The topological polar surface area (TPSA) is 125 Å². The average Bonchev–Trinajstić information content (AvgIpc) is 3.96. The summed E-state index contributed by atoms with van der Waals surface area (Å²) in [6.07, 6.45) is -0.806. The SMILES string of the molecule is COc1ccc(C(OC[C@H]2O[C@@H](N3CCC(=O)NC3=O)[C@H](O[Si](C)(C)C(C)(C)C)[C@@H]2OP(SCCSC(=O)c2ccccc2)N2CCCC2)(c2ccccc2)c2ccc(OC)cc2)cc1. The van der Waals surface area contributed by atoms with Gasteiger partial charge < -0.3 is 27.9 Å². The minimum absolute atomic E-state index is 0.0368. The van der Waals surface area contributed by atoms with Crippen molar-refractivity contribution in [3.8, 4) is 11.5 Å². The lowest BCUT2D eigenvalue weighted by molar-refractivity contribution is -0.127. The summed E-state index contributed by atoms with van der Waals surface area (Å²) in [4.78, 5) is 41.0. The summed E-state index contributed by atoms with van der Waals surface area (Å²) in [5.41, 5.74) is 2.14. The first-order chi connectivity index (χ1) is 31.2. The third-order valence-corrected chi connectivity index (χ3v) is 22.3. The van der Waals surface area contributed by atoms with E-state index in [2.05, 4.69) is 56.0 Å². The quantitative estimate of drug-likeness (QED) is 0.0416. The van der Waals surface area contributed by atoms with Crippen molar-refractivity contribution in [1.82, 2.24) is 14.9 Å². The van der Waals surface area contributed by atoms with Crippen molar-refractivity contribution in [1.29, 1.82) is 0 Å². The van der Waals surface area contributed by atoms with E-state index in [1.165, 1.54) is 11.8 Å². The van der Waals surface area contributed by atoms with Gasteiger partial charge in [-0.3, -0.25) is 24.5 Å². The molecule has 0 spiro atoms. The second-order valence-electron chi connectivity index (χ2n) is 17.8. The minimum Gasteiger partial charge on any atom is -0.497 e. The Kier molecular flexibility index (Phi) is 16.6. The number of imide groups is 1. The monoisotopic (exact) mass is 959 g/mol. The summed E-state index contributed by atoms with van der Waals surface area (Å²) in [5.74, 6) is 2.38. The van der Waals surface area contributed by atoms with Gasteiger partial charge in [0.1, 0.15) is 35.4 Å². The molecule has 4 aromatic carbocycles. The molecule has 3 saturated heterocycles. The van der Waals surface area contributed by atoms with Crippen molar-refractivity contribution in [2.45, 2.75) is 88.3 Å². The highest BCUT2D eigenvalue weighted by molar-refractivity contribution is 8.53. The largest absolute Gasteiger partial charge is 0.497 e. The highest BCUT2D eigenvalue weighted by Gasteiger charge is 2.56. The van der Waals surface area contributed by atoms with Crippen LogP contribution in [0.15, 0.2) is 109 Å². The van der Waals surface area contributed by atoms with E-state index < -0.39 is 52.0 Å². The normalized spacial score (nSPS) is 21.3. The number of carbonyl (C=O) groups is 3. The molecule has 3 amide bonds. The summed E-state index contributed by atoms with van der Waals surface area (Å²) in [6, 6.07) is 34.7. The lowest BCUT2D eigenvalue weighted by Gasteiger charge is -2.43. The summed E-state index contributed by atoms with van der Waals surface area (Å²) in [5, 5.41) is 2.37. The molecule has 7 rings (SSSR count). The maximum Gasteiger partial charge on any atom is 0.326 e. The van der Waals surface area contributed by atoms with Crippen LogP contribution in [-0.2, 0) is 28.8 Å². The van der Waals surface area contributed by atoms with Crippen molar-refractivity contribution in [2.24, 2.45) is 0 Å². The number of carbonyl (C=O) groups excluding carboxylic acids is 3. The first kappa shape index (κ1) is 49.1. The molecular formula is C49H62N3O9PS2Si. The van der Waals surface area contributed by atoms with Gasteiger partial charge in [-0.25, -0.2) is 4.79 Å². The summed E-state index contributed by atoms with van der Waals surface area (Å²) >= 11 is 3.04. The molecule has 3 aliphatic rings. The number of rotatable bonds is 19. The fourth-order valence-electron chi connectivity index (χ4n) is 8.02. The van der Waals surface area contributed by atoms with E-state index in [0.717, 1.165) is 42.6 Å². The third kappa shape index (κ3) is 11.5. The van der Waals surface area contributed by atoms with E-state index in [1.54, 1.807) is 30.5 Å². The molecule has 65 heavy (non-hydrogen) atoms. The van der Waals surface area contributed by atoms with Crippen molar-refractivity contribution in [3.05, 3.63) is 131 Å². The van der Waals surface area contributed by atoms with Crippen LogP contribution in [0, 0.1) is 0 Å². The zero-order valence-corrected chi connectivity index (χ0v) is 41.9. The summed E-state index contributed by atoms with van der Waals surface area (Å²) in [7, 11) is -0.583. The fourth-order valence-corrected chi connectivity index (χ4v) is 14.6. The molecule has 3 heterocycles. The number of methoxy groups -OCH3 is 2. The number of amides is 3. The Bertz CT molecular complexity index is 2150. The predicted molar refractivity (Wildman–Crippen MR) is 262 cm³/mol. The van der Waals surface area contributed by atoms with Crippen LogP contribution in [0.3, 0.4) is 0 Å². The lowest BCUT2D eigenvalue weighted by atomic mass is 9.80. The first-order valence-electron chi connectivity index (χ1n) is 22.2. The van der Waals surface area contributed by atoms with E-state index in [1.807, 2.05) is 97.1 Å². The fraction of sp³-hybridized carbons (Fsp3) is 0.449. The lowest BCUT2D eigenvalue weighted by Crippen LogP contribution is -2.59. The van der Waals surface area contributed by atoms with Crippen LogP contribution < -0.4 is 14.8 Å². The maximum atomic E-state index is 13.8. The Morgan fingerprint density at radius 1 is 0.785 bits per heavy atom. The van der Waals surface area contributed by atoms with Crippen molar-refractivity contribution < 1.29 is 42.3 Å². The van der Waals surface area contributed by atoms with Gasteiger partial charge in [0, 0.05) is 43.1 Å². The van der Waals surface area contributed by atoms with Crippen LogP contribution in [0.25, 0.3) is 0 Å². The standard InChI is InChI=1S/C49H62N3O9PS2Si/c1-48(2,3)65(6,7)61-44-43(60-62(51-29-14-15-30-51)64-33-32-63-46(54)35-16-10-8-11-17-35)41(59-45(44)52-31-28-42(53)50-47(52)55)34-58-49(36-18-12-9-13-19-36,37-20-24-39(56-4)25-21-37)38-22-26-40(57-5)27-23-38/h8-13,16-27,41,43-45H,14-15,28-34H2,1-7H3,(H,50,53,55)/t41-,43-,44-,45-,62?/m1/s1. The van der Waals surface area contributed by atoms with Crippen LogP contribution >= 0.6 is 30.6 Å². The van der Waals surface area contributed by atoms with E-state index in [-0.39, 0.29) is 35.6 Å². The molecule has 1 N–H and O–H groups in total. The van der Waals surface area contributed by atoms with Crippen molar-refractivity contribution in [2.75, 3.05) is 52.0 Å². The molecule has 3 aliphatic heterocycles. The van der Waals surface area contributed by atoms with Crippen LogP contribution in [0.2, 0.25) is 18.1 Å². The highest BCUT2D eigenvalue weighted by Crippen LogP contribution is 2.58. The summed E-state index contributed by atoms with van der Waals surface area (Å²) < 4.78 is 43.1. The number of nitrogens with one attached hydrogen (secondary N) is 1. The Balaban J connectivity index is 1.29. The molecule has 0 radical (unpaired) electrons. The maximum absolute atomic E-state index is 13.8. The molecule has 4 aromatic rings. The zero-order chi connectivity index (χ0) is 46.2. The Labute approximate surface area is 394 Å². The van der Waals surface area contributed by atoms with E-state index >= 15 is 0 Å². The Morgan fingerprint density at radius 3 is 1.91 bits per heavy atom. The van der Waals surface area contributed by atoms with Crippen LogP contribution in [-0.4, -0.2) is 111 Å². The van der Waals surface area contributed by atoms with Gasteiger partial charge in [0.25, 0.3) is 0 Å². The van der Waals surface area contributed by atoms with Crippen LogP contribution in [0.1, 0.15) is 67.1 Å². The number of urea groups is 1. The third-order valence-electron chi connectivity index (χ3n) is 12.6. The Hall–Kier alpha value is -3.76. The summed E-state index contributed by atoms with van der Waals surface area (Å²) in [6.45, 7) is 12.9. The van der Waals surface area contributed by atoms with Crippen LogP contribution in [0.4, 0.5) is 4.79 Å². The van der Waals surface area contributed by atoms with Gasteiger partial charge in [-0.1, -0.05) is 129 Å². The van der Waals surface area contributed by atoms with E-state index in [0.29, 0.717) is 28.6 Å². The first-order valence-corrected chi connectivity index (χ1v) is 28.9. The predicted octanol–water partition coefficient (Wildman–Crippen LogP) is 10.1. The number of hydrogen-bond acceptors (Lipinski definition) is 12. The van der Waals surface area contributed by atoms with Gasteiger partial charge in [-0.05, 0) is 71.9 Å². The number of hydrogen-bond donors (Lipinski definition) is 1. The van der Waals surface area contributed by atoms with E-state index in [4.69, 9.17) is 27.9 Å². The number of thioether (sulfide) groups is 1. The number of nitrogens with zero attached hydrogens (tertiary/aromatic N) is 2. The average molecular weight is 960 g/mol. The number of ether oxygens (including phenoxy) is 4. The minimum atomic E-state index is -2.58. The number of benzene rings is 4. The zero-order valence-electron chi connectivity index (χ0n) is 38.4. The molecule has 3 fully saturated rings. The molecule has 5 atom stereocenters. The smallest absolute Gasteiger partial charge is 0.326 e. The van der Waals surface area contributed by atoms with Gasteiger partial charge in [-0.15, -0.1) is 0 Å². The molecular weight excluding hydrogens is 898 g/mol. The van der Waals surface area contributed by atoms with Crippen molar-refractivity contribution >= 4 is 56.0 Å². The molecule has 16 heteroatoms. The van der Waals surface area contributed by atoms with Gasteiger partial charge in [0.15, 0.2) is 22.0 Å². The second kappa shape index (κ2) is 21.9. The van der Waals surface area contributed by atoms with E-state index in [9.17, 15) is 14.4 Å². The van der Waals surface area contributed by atoms with Gasteiger partial charge in [0.2, 0.25) is 11.0 Å². The second-order valence-corrected chi connectivity index (χ2v) is 27.3. The van der Waals surface area contributed by atoms with Crippen molar-refractivity contribution in [3.63, 3.8) is 0 Å². The Morgan fingerprint density at radius 2 is 1.35 bits per heavy atom. The molecule has 0 bridgehead atoms. The van der Waals surface area contributed by atoms with Crippen LogP contribution in [0.5, 0.6) is 11.5 Å². The molecule has 0 aromatic heterocycles. The molecule has 12 nitrogen and oxygen atoms in total. The van der Waals surface area contributed by atoms with Gasteiger partial charge in [-0.2, -0.15) is 0 Å². The molecule has 0 aliphatic carbocycles.